The second-order valence-electron chi connectivity index (χ2n) is 6.67. The highest BCUT2D eigenvalue weighted by molar-refractivity contribution is 7.13. The first-order valence-corrected chi connectivity index (χ1v) is 10.2. The lowest BCUT2D eigenvalue weighted by molar-refractivity contribution is -0.135. The number of nitrogens with one attached hydrogen (secondary N) is 2. The first kappa shape index (κ1) is 23.9. The molecule has 28 heavy (non-hydrogen) atoms. The number of carbonyl (C=O) groups is 3. The number of thiophene rings is 1. The van der Waals surface area contributed by atoms with Crippen LogP contribution in [0.5, 0.6) is 0 Å². The molecule has 9 heteroatoms. The van der Waals surface area contributed by atoms with Crippen LogP contribution in [0, 0.1) is 6.92 Å². The summed E-state index contributed by atoms with van der Waals surface area (Å²) in [7, 11) is 1.00. The van der Waals surface area contributed by atoms with E-state index in [0.717, 1.165) is 31.4 Å². The molecule has 0 saturated carbocycles. The zero-order valence-corrected chi connectivity index (χ0v) is 17.8. The van der Waals surface area contributed by atoms with Gasteiger partial charge in [0.15, 0.2) is 0 Å². The van der Waals surface area contributed by atoms with Gasteiger partial charge in [0.05, 0.1) is 18.0 Å². The van der Waals surface area contributed by atoms with Crippen LogP contribution < -0.4 is 10.6 Å². The molecular weight excluding hydrogens is 382 g/mol. The number of ether oxygens (including phenoxy) is 1. The Hall–Kier alpha value is -2.13. The second kappa shape index (κ2) is 12.4. The van der Waals surface area contributed by atoms with Gasteiger partial charge in [-0.05, 0) is 45.7 Å². The van der Waals surface area contributed by atoms with Crippen LogP contribution in [0.4, 0.5) is 4.79 Å². The van der Waals surface area contributed by atoms with Crippen molar-refractivity contribution in [1.82, 2.24) is 15.5 Å². The molecule has 3 rings (SSSR count). The fraction of sp³-hybridized carbons (Fsp3) is 0.632. The van der Waals surface area contributed by atoms with Crippen molar-refractivity contribution in [2.24, 2.45) is 0 Å². The SMILES string of the molecule is CC(C)N1CCCCC1=O.CO.Cc1ccc(C(=O)NCC2CNC(=O)O2)s1. The van der Waals surface area contributed by atoms with Crippen molar-refractivity contribution in [2.75, 3.05) is 26.7 Å². The summed E-state index contributed by atoms with van der Waals surface area (Å²) in [5, 5.41) is 12.3. The van der Waals surface area contributed by atoms with Crippen molar-refractivity contribution in [3.05, 3.63) is 21.9 Å². The Balaban J connectivity index is 0.000000281. The summed E-state index contributed by atoms with van der Waals surface area (Å²) < 4.78 is 4.89. The van der Waals surface area contributed by atoms with Gasteiger partial charge >= 0.3 is 6.09 Å². The fourth-order valence-corrected chi connectivity index (χ4v) is 3.55. The summed E-state index contributed by atoms with van der Waals surface area (Å²) in [6.07, 6.45) is 2.34. The van der Waals surface area contributed by atoms with Gasteiger partial charge in [-0.2, -0.15) is 0 Å². The summed E-state index contributed by atoms with van der Waals surface area (Å²) >= 11 is 1.44. The van der Waals surface area contributed by atoms with E-state index in [0.29, 0.717) is 29.9 Å². The summed E-state index contributed by atoms with van der Waals surface area (Å²) in [6, 6.07) is 4.08. The second-order valence-corrected chi connectivity index (χ2v) is 7.95. The lowest BCUT2D eigenvalue weighted by atomic mass is 10.1. The number of hydrogen-bond acceptors (Lipinski definition) is 6. The number of amides is 3. The number of hydrogen-bond donors (Lipinski definition) is 3. The van der Waals surface area contributed by atoms with E-state index >= 15 is 0 Å². The summed E-state index contributed by atoms with van der Waals surface area (Å²) in [5.74, 6) is 0.210. The van der Waals surface area contributed by atoms with Crippen molar-refractivity contribution < 1.29 is 24.2 Å². The Morgan fingerprint density at radius 1 is 1.36 bits per heavy atom. The largest absolute Gasteiger partial charge is 0.442 e. The van der Waals surface area contributed by atoms with E-state index in [9.17, 15) is 14.4 Å². The van der Waals surface area contributed by atoms with Crippen molar-refractivity contribution >= 4 is 29.2 Å². The fourth-order valence-electron chi connectivity index (χ4n) is 2.77. The van der Waals surface area contributed by atoms with Gasteiger partial charge in [0, 0.05) is 31.0 Å². The average Bonchev–Trinajstić information content (AvgIpc) is 3.30. The van der Waals surface area contributed by atoms with Gasteiger partial charge in [-0.15, -0.1) is 11.3 Å². The van der Waals surface area contributed by atoms with Crippen molar-refractivity contribution in [3.8, 4) is 0 Å². The van der Waals surface area contributed by atoms with Crippen molar-refractivity contribution in [1.29, 1.82) is 0 Å². The molecule has 1 atom stereocenters. The van der Waals surface area contributed by atoms with Crippen LogP contribution in [0.15, 0.2) is 12.1 Å². The molecule has 3 N–H and O–H groups in total. The van der Waals surface area contributed by atoms with Gasteiger partial charge in [-0.25, -0.2) is 4.79 Å². The third-order valence-corrected chi connectivity index (χ3v) is 5.19. The maximum absolute atomic E-state index is 11.6. The van der Waals surface area contributed by atoms with Crippen molar-refractivity contribution in [2.45, 2.75) is 52.2 Å². The number of rotatable bonds is 4. The number of aryl methyl sites for hydroxylation is 1. The Kier molecular flexibility index (Phi) is 10.5. The van der Waals surface area contributed by atoms with Gasteiger partial charge in [0.25, 0.3) is 5.91 Å². The molecule has 1 aromatic heterocycles. The molecule has 8 nitrogen and oxygen atoms in total. The van der Waals surface area contributed by atoms with Gasteiger partial charge in [-0.1, -0.05) is 0 Å². The number of piperidine rings is 1. The lowest BCUT2D eigenvalue weighted by Gasteiger charge is -2.30. The predicted octanol–water partition coefficient (Wildman–Crippen LogP) is 1.91. The number of nitrogens with zero attached hydrogens (tertiary/aromatic N) is 1. The van der Waals surface area contributed by atoms with E-state index < -0.39 is 6.09 Å². The van der Waals surface area contributed by atoms with Crippen LogP contribution in [0.3, 0.4) is 0 Å². The number of alkyl carbamates (subject to hydrolysis) is 1. The minimum atomic E-state index is -0.425. The van der Waals surface area contributed by atoms with E-state index in [1.807, 2.05) is 17.9 Å². The monoisotopic (exact) mass is 413 g/mol. The molecule has 2 fully saturated rings. The molecular formula is C19H31N3O5S. The molecule has 2 saturated heterocycles. The quantitative estimate of drug-likeness (QED) is 0.699. The highest BCUT2D eigenvalue weighted by Gasteiger charge is 2.23. The number of aliphatic hydroxyl groups is 1. The molecule has 1 unspecified atom stereocenters. The number of likely N-dealkylation sites (tertiary alicyclic amines) is 1. The summed E-state index contributed by atoms with van der Waals surface area (Å²) in [6.45, 7) is 7.85. The van der Waals surface area contributed by atoms with Gasteiger partial charge < -0.3 is 25.4 Å². The summed E-state index contributed by atoms with van der Waals surface area (Å²) in [5.41, 5.74) is 0. The van der Waals surface area contributed by atoms with E-state index in [-0.39, 0.29) is 12.0 Å². The minimum Gasteiger partial charge on any atom is -0.442 e. The number of carbonyl (C=O) groups excluding carboxylic acids is 3. The Morgan fingerprint density at radius 3 is 2.54 bits per heavy atom. The molecule has 0 bridgehead atoms. The first-order valence-electron chi connectivity index (χ1n) is 9.40. The standard InChI is InChI=1S/C10H12N2O3S.C8H15NO.CH4O/c1-6-2-3-8(16-6)9(13)11-4-7-5-12-10(14)15-7;1-7(2)9-6-4-3-5-8(9)10;1-2/h2-3,7H,4-5H2,1H3,(H,11,13)(H,12,14);7H,3-6H2,1-2H3;2H,1H3. The Labute approximate surface area is 170 Å². The maximum Gasteiger partial charge on any atom is 0.407 e. The molecule has 0 aliphatic carbocycles. The lowest BCUT2D eigenvalue weighted by Crippen LogP contribution is -2.40. The highest BCUT2D eigenvalue weighted by atomic mass is 32.1. The molecule has 158 valence electrons. The normalized spacial score (nSPS) is 18.4. The van der Waals surface area contributed by atoms with Gasteiger partial charge in [0.2, 0.25) is 5.91 Å². The molecule has 3 heterocycles. The molecule has 2 aliphatic rings. The Morgan fingerprint density at radius 2 is 2.07 bits per heavy atom. The van der Waals surface area contributed by atoms with E-state index in [1.165, 1.54) is 17.8 Å². The van der Waals surface area contributed by atoms with Crippen LogP contribution in [0.25, 0.3) is 0 Å². The van der Waals surface area contributed by atoms with Crippen LogP contribution >= 0.6 is 11.3 Å². The molecule has 0 radical (unpaired) electrons. The molecule has 0 spiro atoms. The highest BCUT2D eigenvalue weighted by Crippen LogP contribution is 2.14. The summed E-state index contributed by atoms with van der Waals surface area (Å²) in [4.78, 5) is 37.3. The third kappa shape index (κ3) is 7.85. The van der Waals surface area contributed by atoms with E-state index in [2.05, 4.69) is 24.5 Å². The predicted molar refractivity (Wildman–Crippen MR) is 109 cm³/mol. The van der Waals surface area contributed by atoms with Gasteiger partial charge in [-0.3, -0.25) is 9.59 Å². The van der Waals surface area contributed by atoms with Crippen LogP contribution in [0.1, 0.15) is 47.7 Å². The van der Waals surface area contributed by atoms with E-state index in [4.69, 9.17) is 9.84 Å². The molecule has 3 amide bonds. The third-order valence-electron chi connectivity index (χ3n) is 4.19. The van der Waals surface area contributed by atoms with E-state index in [1.54, 1.807) is 6.07 Å². The smallest absolute Gasteiger partial charge is 0.407 e. The first-order chi connectivity index (χ1) is 13.4. The van der Waals surface area contributed by atoms with Crippen LogP contribution in [-0.2, 0) is 9.53 Å². The number of aliphatic hydroxyl groups excluding tert-OH is 1. The Bertz CT molecular complexity index is 647. The van der Waals surface area contributed by atoms with Gasteiger partial charge in [0.1, 0.15) is 6.10 Å². The molecule has 2 aliphatic heterocycles. The molecule has 1 aromatic rings. The number of cyclic esters (lactones) is 1. The maximum atomic E-state index is 11.6. The topological polar surface area (TPSA) is 108 Å². The minimum absolute atomic E-state index is 0.124. The zero-order valence-electron chi connectivity index (χ0n) is 17.0. The zero-order chi connectivity index (χ0) is 21.1. The van der Waals surface area contributed by atoms with Crippen molar-refractivity contribution in [3.63, 3.8) is 0 Å². The van der Waals surface area contributed by atoms with Crippen LogP contribution in [-0.4, -0.2) is 66.8 Å². The van der Waals surface area contributed by atoms with Crippen LogP contribution in [0.2, 0.25) is 0 Å². The molecule has 0 aromatic carbocycles. The average molecular weight is 414 g/mol.